The number of nitrogens with zero attached hydrogens (tertiary/aromatic N) is 3. The van der Waals surface area contributed by atoms with Gasteiger partial charge in [-0.3, -0.25) is 0 Å². The van der Waals surface area contributed by atoms with Crippen LogP contribution in [0.4, 0.5) is 0 Å². The third-order valence-electron chi connectivity index (χ3n) is 2.81. The Morgan fingerprint density at radius 2 is 2.10 bits per heavy atom. The number of hydrogen-bond acceptors (Lipinski definition) is 4. The van der Waals surface area contributed by atoms with Crippen LogP contribution in [0.25, 0.3) is 0 Å². The molecule has 1 heterocycles. The second-order valence-electron chi connectivity index (χ2n) is 4.72. The van der Waals surface area contributed by atoms with Crippen LogP contribution < -0.4 is 4.74 Å². The van der Waals surface area contributed by atoms with Crippen molar-refractivity contribution in [1.29, 1.82) is 0 Å². The van der Waals surface area contributed by atoms with Gasteiger partial charge < -0.3 is 9.84 Å². The second-order valence-corrected chi connectivity index (χ2v) is 4.72. The average molecular weight is 287 g/mol. The Morgan fingerprint density at radius 1 is 1.38 bits per heavy atom. The summed E-state index contributed by atoms with van der Waals surface area (Å²) in [5, 5.41) is 16.7. The molecule has 1 N–H and O–H groups in total. The Labute approximate surface area is 122 Å². The minimum atomic E-state index is -1.09. The maximum atomic E-state index is 11.2. The summed E-state index contributed by atoms with van der Waals surface area (Å²) in [5.41, 5.74) is 1.39. The fraction of sp³-hybridized carbons (Fsp3) is 0.267. The molecular formula is C15H17N3O3. The third-order valence-corrected chi connectivity index (χ3v) is 2.81. The number of benzene rings is 1. The van der Waals surface area contributed by atoms with Gasteiger partial charge in [-0.05, 0) is 19.1 Å². The highest BCUT2D eigenvalue weighted by Gasteiger charge is 2.18. The lowest BCUT2D eigenvalue weighted by Crippen LogP contribution is -2.13. The molecule has 0 radical (unpaired) electrons. The van der Waals surface area contributed by atoms with Gasteiger partial charge in [-0.1, -0.05) is 35.6 Å². The highest BCUT2D eigenvalue weighted by molar-refractivity contribution is 5.86. The lowest BCUT2D eigenvalue weighted by atomic mass is 10.2. The van der Waals surface area contributed by atoms with Crippen molar-refractivity contribution in [2.24, 2.45) is 0 Å². The van der Waals surface area contributed by atoms with Crippen LogP contribution in [0.2, 0.25) is 0 Å². The van der Waals surface area contributed by atoms with Crippen LogP contribution in [0.5, 0.6) is 5.75 Å². The molecule has 0 bridgehead atoms. The summed E-state index contributed by atoms with van der Waals surface area (Å²) in [6.45, 7) is 6.46. The number of carbonyl (C=O) groups is 1. The van der Waals surface area contributed by atoms with Crippen LogP contribution in [0, 0.1) is 0 Å². The van der Waals surface area contributed by atoms with Crippen LogP contribution in [-0.2, 0) is 13.0 Å². The highest BCUT2D eigenvalue weighted by Crippen LogP contribution is 2.12. The fourth-order valence-corrected chi connectivity index (χ4v) is 1.91. The molecule has 0 aliphatic carbocycles. The molecule has 0 saturated carbocycles. The molecular weight excluding hydrogens is 270 g/mol. The van der Waals surface area contributed by atoms with Crippen molar-refractivity contribution in [3.63, 3.8) is 0 Å². The predicted octanol–water partition coefficient (Wildman–Crippen LogP) is 2.17. The number of para-hydroxylation sites is 1. The summed E-state index contributed by atoms with van der Waals surface area (Å²) >= 11 is 0. The SMILES string of the molecule is C=C(C)Cn1nnc(C(=O)O)c1CCOc1ccccc1. The second kappa shape index (κ2) is 6.69. The number of aromatic nitrogens is 3. The smallest absolute Gasteiger partial charge is 0.358 e. The summed E-state index contributed by atoms with van der Waals surface area (Å²) in [6, 6.07) is 9.36. The van der Waals surface area contributed by atoms with Crippen molar-refractivity contribution < 1.29 is 14.6 Å². The van der Waals surface area contributed by atoms with Gasteiger partial charge in [-0.25, -0.2) is 9.48 Å². The van der Waals surface area contributed by atoms with Gasteiger partial charge in [0, 0.05) is 6.42 Å². The highest BCUT2D eigenvalue weighted by atomic mass is 16.5. The molecule has 6 nitrogen and oxygen atoms in total. The van der Waals surface area contributed by atoms with E-state index >= 15 is 0 Å². The van der Waals surface area contributed by atoms with E-state index in [-0.39, 0.29) is 5.69 Å². The van der Waals surface area contributed by atoms with Gasteiger partial charge in [-0.2, -0.15) is 0 Å². The number of carboxylic acid groups (broad SMARTS) is 1. The molecule has 0 spiro atoms. The summed E-state index contributed by atoms with van der Waals surface area (Å²) in [6.07, 6.45) is 0.413. The number of carboxylic acids is 1. The van der Waals surface area contributed by atoms with Crippen molar-refractivity contribution in [3.8, 4) is 5.75 Å². The van der Waals surface area contributed by atoms with Crippen molar-refractivity contribution in [2.45, 2.75) is 19.9 Å². The summed E-state index contributed by atoms with van der Waals surface area (Å²) < 4.78 is 7.15. The van der Waals surface area contributed by atoms with Crippen molar-refractivity contribution >= 4 is 5.97 Å². The van der Waals surface area contributed by atoms with Crippen molar-refractivity contribution in [1.82, 2.24) is 15.0 Å². The molecule has 0 fully saturated rings. The van der Waals surface area contributed by atoms with Gasteiger partial charge in [0.25, 0.3) is 0 Å². The zero-order valence-corrected chi connectivity index (χ0v) is 11.8. The minimum Gasteiger partial charge on any atom is -0.493 e. The maximum Gasteiger partial charge on any atom is 0.358 e. The number of hydrogen-bond donors (Lipinski definition) is 1. The summed E-state index contributed by atoms with van der Waals surface area (Å²) in [4.78, 5) is 11.2. The quantitative estimate of drug-likeness (QED) is 0.790. The van der Waals surface area contributed by atoms with Gasteiger partial charge in [0.1, 0.15) is 5.75 Å². The molecule has 2 rings (SSSR count). The maximum absolute atomic E-state index is 11.2. The first kappa shape index (κ1) is 14.8. The van der Waals surface area contributed by atoms with Crippen LogP contribution in [0.3, 0.4) is 0 Å². The first-order valence-electron chi connectivity index (χ1n) is 6.56. The Balaban J connectivity index is 2.08. The van der Waals surface area contributed by atoms with E-state index < -0.39 is 5.97 Å². The number of allylic oxidation sites excluding steroid dienone is 1. The molecule has 2 aromatic rings. The first-order valence-corrected chi connectivity index (χ1v) is 6.56. The zero-order chi connectivity index (χ0) is 15.2. The topological polar surface area (TPSA) is 77.2 Å². The minimum absolute atomic E-state index is 0.0343. The molecule has 0 unspecified atom stereocenters. The van der Waals surface area contributed by atoms with Crippen LogP contribution in [0.15, 0.2) is 42.5 Å². The third kappa shape index (κ3) is 3.92. The molecule has 0 aliphatic rings. The Morgan fingerprint density at radius 3 is 2.71 bits per heavy atom. The van der Waals surface area contributed by atoms with Crippen molar-refractivity contribution in [2.75, 3.05) is 6.61 Å². The van der Waals surface area contributed by atoms with E-state index in [2.05, 4.69) is 16.9 Å². The molecule has 0 aliphatic heterocycles. The van der Waals surface area contributed by atoms with E-state index in [1.807, 2.05) is 37.3 Å². The fourth-order valence-electron chi connectivity index (χ4n) is 1.91. The van der Waals surface area contributed by atoms with Gasteiger partial charge >= 0.3 is 5.97 Å². The molecule has 21 heavy (non-hydrogen) atoms. The average Bonchev–Trinajstić information content (AvgIpc) is 2.82. The Bertz CT molecular complexity index is 635. The van der Waals surface area contributed by atoms with E-state index in [1.54, 1.807) is 4.68 Å². The van der Waals surface area contributed by atoms with Gasteiger partial charge in [0.05, 0.1) is 18.8 Å². The van der Waals surface area contributed by atoms with Crippen molar-refractivity contribution in [3.05, 3.63) is 53.9 Å². The van der Waals surface area contributed by atoms with E-state index in [9.17, 15) is 4.79 Å². The Kier molecular flexibility index (Phi) is 4.71. The first-order chi connectivity index (χ1) is 10.1. The molecule has 0 atom stereocenters. The number of aromatic carboxylic acids is 1. The number of ether oxygens (including phenoxy) is 1. The van der Waals surface area contributed by atoms with Gasteiger partial charge in [0.15, 0.2) is 5.69 Å². The molecule has 0 amide bonds. The van der Waals surface area contributed by atoms with E-state index in [0.29, 0.717) is 25.3 Å². The van der Waals surface area contributed by atoms with Crippen LogP contribution >= 0.6 is 0 Å². The molecule has 1 aromatic heterocycles. The predicted molar refractivity (Wildman–Crippen MR) is 77.4 cm³/mol. The van der Waals surface area contributed by atoms with Crippen LogP contribution in [-0.4, -0.2) is 32.7 Å². The lowest BCUT2D eigenvalue weighted by Gasteiger charge is -2.08. The normalized spacial score (nSPS) is 10.3. The Hall–Kier alpha value is -2.63. The van der Waals surface area contributed by atoms with Gasteiger partial charge in [-0.15, -0.1) is 5.10 Å². The molecule has 1 aromatic carbocycles. The summed E-state index contributed by atoms with van der Waals surface area (Å²) in [5.74, 6) is -0.342. The summed E-state index contributed by atoms with van der Waals surface area (Å²) in [7, 11) is 0. The number of rotatable bonds is 7. The largest absolute Gasteiger partial charge is 0.493 e. The lowest BCUT2D eigenvalue weighted by molar-refractivity contribution is 0.0689. The van der Waals surface area contributed by atoms with Crippen LogP contribution in [0.1, 0.15) is 23.1 Å². The molecule has 6 heteroatoms. The standard InChI is InChI=1S/C15H17N3O3/c1-11(2)10-18-13(14(15(19)20)16-17-18)8-9-21-12-6-4-3-5-7-12/h3-7H,1,8-10H2,2H3,(H,19,20). The van der Waals surface area contributed by atoms with Gasteiger partial charge in [0.2, 0.25) is 0 Å². The van der Waals surface area contributed by atoms with E-state index in [1.165, 1.54) is 0 Å². The molecule has 110 valence electrons. The zero-order valence-electron chi connectivity index (χ0n) is 11.8. The van der Waals surface area contributed by atoms with E-state index in [4.69, 9.17) is 9.84 Å². The van der Waals surface area contributed by atoms with E-state index in [0.717, 1.165) is 11.3 Å². The molecule has 0 saturated heterocycles. The monoisotopic (exact) mass is 287 g/mol.